The highest BCUT2D eigenvalue weighted by Crippen LogP contribution is 2.25. The van der Waals surface area contributed by atoms with Gasteiger partial charge < -0.3 is 9.53 Å². The van der Waals surface area contributed by atoms with Crippen molar-refractivity contribution in [2.75, 3.05) is 7.11 Å². The van der Waals surface area contributed by atoms with Crippen LogP contribution in [0.1, 0.15) is 39.7 Å². The van der Waals surface area contributed by atoms with Gasteiger partial charge in [0.1, 0.15) is 17.6 Å². The molecule has 0 aliphatic heterocycles. The first kappa shape index (κ1) is 22.2. The number of allylic oxidation sites excluding steroid dienone is 1. The lowest BCUT2D eigenvalue weighted by atomic mass is 9.87. The predicted octanol–water partition coefficient (Wildman–Crippen LogP) is 3.71. The molecular formula is C22H26FN3O3. The zero-order valence-corrected chi connectivity index (χ0v) is 17.3. The van der Waals surface area contributed by atoms with Crippen molar-refractivity contribution < 1.29 is 18.7 Å². The van der Waals surface area contributed by atoms with Crippen LogP contribution in [0.2, 0.25) is 0 Å². The van der Waals surface area contributed by atoms with Crippen LogP contribution in [0, 0.1) is 16.6 Å². The number of aromatic nitrogens is 2. The molecule has 0 saturated carbocycles. The van der Waals surface area contributed by atoms with Gasteiger partial charge in [-0.15, -0.1) is 0 Å². The molecule has 6 nitrogen and oxygen atoms in total. The highest BCUT2D eigenvalue weighted by atomic mass is 19.1. The summed E-state index contributed by atoms with van der Waals surface area (Å²) < 4.78 is 19.3. The Morgan fingerprint density at radius 3 is 2.38 bits per heavy atom. The number of carbonyl (C=O) groups excluding carboxylic acids is 2. The molecule has 154 valence electrons. The zero-order chi connectivity index (χ0) is 21.8. The van der Waals surface area contributed by atoms with Crippen LogP contribution >= 0.6 is 0 Å². The monoisotopic (exact) mass is 399 g/mol. The minimum atomic E-state index is -1.10. The Balaban J connectivity index is 2.59. The van der Waals surface area contributed by atoms with Crippen molar-refractivity contribution in [3.05, 3.63) is 53.3 Å². The Morgan fingerprint density at radius 1 is 1.24 bits per heavy atom. The van der Waals surface area contributed by atoms with Crippen molar-refractivity contribution in [2.45, 2.75) is 39.5 Å². The van der Waals surface area contributed by atoms with Gasteiger partial charge in [-0.25, -0.2) is 9.07 Å². The molecule has 1 heterocycles. The van der Waals surface area contributed by atoms with Gasteiger partial charge in [-0.1, -0.05) is 26.8 Å². The van der Waals surface area contributed by atoms with Crippen LogP contribution in [0.3, 0.4) is 0 Å². The number of hydrogen-bond acceptors (Lipinski definition) is 5. The van der Waals surface area contributed by atoms with E-state index in [1.54, 1.807) is 19.1 Å². The molecular weight excluding hydrogens is 373 g/mol. The van der Waals surface area contributed by atoms with Crippen molar-refractivity contribution in [3.8, 4) is 11.3 Å². The normalized spacial score (nSPS) is 13.9. The van der Waals surface area contributed by atoms with Crippen LogP contribution in [0.5, 0.6) is 0 Å². The molecule has 1 N–H and O–H groups in total. The van der Waals surface area contributed by atoms with E-state index in [1.807, 2.05) is 26.8 Å². The van der Waals surface area contributed by atoms with Gasteiger partial charge >= 0.3 is 5.97 Å². The van der Waals surface area contributed by atoms with Gasteiger partial charge in [0.15, 0.2) is 0 Å². The lowest BCUT2D eigenvalue weighted by Gasteiger charge is -2.21. The fourth-order valence-corrected chi connectivity index (χ4v) is 2.73. The SMILES string of the molecule is COC(=O)CC(C)(C=O)/C=C/n1nc(-c2ccc(F)cc2)cc(C(C)(C)C)c1=N. The first-order chi connectivity index (χ1) is 13.5. The first-order valence-corrected chi connectivity index (χ1v) is 9.16. The van der Waals surface area contributed by atoms with Gasteiger partial charge in [0, 0.05) is 17.3 Å². The van der Waals surface area contributed by atoms with E-state index in [2.05, 4.69) is 9.84 Å². The number of esters is 1. The summed E-state index contributed by atoms with van der Waals surface area (Å²) >= 11 is 0. The topological polar surface area (TPSA) is 85.0 Å². The minimum Gasteiger partial charge on any atom is -0.469 e. The second-order valence-corrected chi connectivity index (χ2v) is 8.19. The highest BCUT2D eigenvalue weighted by molar-refractivity contribution is 5.77. The van der Waals surface area contributed by atoms with E-state index in [4.69, 9.17) is 5.41 Å². The largest absolute Gasteiger partial charge is 0.469 e. The maximum Gasteiger partial charge on any atom is 0.306 e. The Labute approximate surface area is 169 Å². The van der Waals surface area contributed by atoms with Gasteiger partial charge in [-0.3, -0.25) is 10.2 Å². The van der Waals surface area contributed by atoms with Crippen molar-refractivity contribution in [1.82, 2.24) is 9.78 Å². The third-order valence-electron chi connectivity index (χ3n) is 4.55. The molecule has 0 aliphatic rings. The second-order valence-electron chi connectivity index (χ2n) is 8.19. The van der Waals surface area contributed by atoms with Gasteiger partial charge in [-0.05, 0) is 42.7 Å². The molecule has 1 atom stereocenters. The summed E-state index contributed by atoms with van der Waals surface area (Å²) in [6, 6.07) is 7.75. The molecule has 1 aromatic heterocycles. The van der Waals surface area contributed by atoms with E-state index in [-0.39, 0.29) is 23.1 Å². The highest BCUT2D eigenvalue weighted by Gasteiger charge is 2.25. The smallest absolute Gasteiger partial charge is 0.306 e. The fraction of sp³-hybridized carbons (Fsp3) is 0.364. The molecule has 2 rings (SSSR count). The van der Waals surface area contributed by atoms with E-state index in [1.165, 1.54) is 36.2 Å². The molecule has 0 bridgehead atoms. The minimum absolute atomic E-state index is 0.124. The number of benzene rings is 1. The van der Waals surface area contributed by atoms with Crippen molar-refractivity contribution in [2.24, 2.45) is 5.41 Å². The number of carbonyl (C=O) groups is 2. The average Bonchev–Trinajstić information content (AvgIpc) is 2.67. The van der Waals surface area contributed by atoms with Crippen molar-refractivity contribution in [3.63, 3.8) is 0 Å². The number of aldehydes is 1. The van der Waals surface area contributed by atoms with Crippen LogP contribution < -0.4 is 5.49 Å². The predicted molar refractivity (Wildman–Crippen MR) is 108 cm³/mol. The Bertz CT molecular complexity index is 988. The summed E-state index contributed by atoms with van der Waals surface area (Å²) in [5.74, 6) is -0.858. The maximum absolute atomic E-state index is 13.3. The lowest BCUT2D eigenvalue weighted by Crippen LogP contribution is -2.31. The third kappa shape index (κ3) is 5.47. The van der Waals surface area contributed by atoms with Crippen LogP contribution in [0.15, 0.2) is 36.4 Å². The molecule has 0 radical (unpaired) electrons. The standard InChI is InChI=1S/C22H26FN3O3/c1-21(2,3)17-12-18(15-6-8-16(23)9-7-15)25-26(20(17)24)11-10-22(4,14-27)13-19(28)29-5/h6-12,14,24H,13H2,1-5H3/b11-10+,24-20?. The van der Waals surface area contributed by atoms with Crippen LogP contribution in [0.4, 0.5) is 4.39 Å². The lowest BCUT2D eigenvalue weighted by molar-refractivity contribution is -0.143. The van der Waals surface area contributed by atoms with Gasteiger partial charge in [-0.2, -0.15) is 5.10 Å². The number of rotatable bonds is 6. The number of nitrogens with one attached hydrogen (secondary N) is 1. The molecule has 1 unspecified atom stereocenters. The summed E-state index contributed by atoms with van der Waals surface area (Å²) in [5, 5.41) is 13.0. The fourth-order valence-electron chi connectivity index (χ4n) is 2.73. The Morgan fingerprint density at radius 2 is 1.86 bits per heavy atom. The molecule has 0 spiro atoms. The number of methoxy groups -OCH3 is 1. The maximum atomic E-state index is 13.3. The van der Waals surface area contributed by atoms with E-state index >= 15 is 0 Å². The summed E-state index contributed by atoms with van der Waals surface area (Å²) in [6.07, 6.45) is 3.57. The third-order valence-corrected chi connectivity index (χ3v) is 4.55. The molecule has 0 fully saturated rings. The molecule has 7 heteroatoms. The van der Waals surface area contributed by atoms with Crippen molar-refractivity contribution >= 4 is 18.5 Å². The molecule has 0 aliphatic carbocycles. The number of halogens is 1. The van der Waals surface area contributed by atoms with E-state index in [0.29, 0.717) is 17.5 Å². The molecule has 2 aromatic rings. The zero-order valence-electron chi connectivity index (χ0n) is 17.3. The first-order valence-electron chi connectivity index (χ1n) is 9.16. The molecule has 0 saturated heterocycles. The Kier molecular flexibility index (Phi) is 6.51. The van der Waals surface area contributed by atoms with Crippen LogP contribution in [-0.2, 0) is 19.7 Å². The average molecular weight is 399 g/mol. The van der Waals surface area contributed by atoms with Gasteiger partial charge in [0.05, 0.1) is 24.6 Å². The summed E-state index contributed by atoms with van der Waals surface area (Å²) in [5.41, 5.74) is 0.720. The number of hydrogen-bond donors (Lipinski definition) is 1. The number of ether oxygens (including phenoxy) is 1. The van der Waals surface area contributed by atoms with Crippen molar-refractivity contribution in [1.29, 1.82) is 5.41 Å². The van der Waals surface area contributed by atoms with E-state index < -0.39 is 11.4 Å². The van der Waals surface area contributed by atoms with Crippen LogP contribution in [-0.4, -0.2) is 29.1 Å². The summed E-state index contributed by atoms with van der Waals surface area (Å²) in [4.78, 5) is 23.2. The quantitative estimate of drug-likeness (QED) is 0.593. The summed E-state index contributed by atoms with van der Waals surface area (Å²) in [7, 11) is 1.26. The molecule has 1 aromatic carbocycles. The molecule has 29 heavy (non-hydrogen) atoms. The second kappa shape index (κ2) is 8.51. The molecule has 0 amide bonds. The Hall–Kier alpha value is -3.09. The van der Waals surface area contributed by atoms with Crippen LogP contribution in [0.25, 0.3) is 17.5 Å². The number of nitrogens with zero attached hydrogens (tertiary/aromatic N) is 2. The van der Waals surface area contributed by atoms with Gasteiger partial charge in [0.2, 0.25) is 0 Å². The van der Waals surface area contributed by atoms with E-state index in [9.17, 15) is 14.0 Å². The van der Waals surface area contributed by atoms with Gasteiger partial charge in [0.25, 0.3) is 0 Å². The van der Waals surface area contributed by atoms with E-state index in [0.717, 1.165) is 5.56 Å². The summed E-state index contributed by atoms with van der Waals surface area (Å²) in [6.45, 7) is 7.55.